The van der Waals surface area contributed by atoms with Gasteiger partial charge >= 0.3 is 0 Å². The molecular formula is C44H28S2. The van der Waals surface area contributed by atoms with Gasteiger partial charge in [0.05, 0.1) is 0 Å². The van der Waals surface area contributed by atoms with Gasteiger partial charge in [-0.15, -0.1) is 22.7 Å². The highest BCUT2D eigenvalue weighted by Crippen LogP contribution is 2.42. The van der Waals surface area contributed by atoms with Gasteiger partial charge in [0.1, 0.15) is 0 Å². The minimum Gasteiger partial charge on any atom is -0.135 e. The predicted octanol–water partition coefficient (Wildman–Crippen LogP) is 13.8. The van der Waals surface area contributed by atoms with Gasteiger partial charge in [0.25, 0.3) is 0 Å². The Kier molecular flexibility index (Phi) is 5.55. The van der Waals surface area contributed by atoms with Crippen molar-refractivity contribution in [3.63, 3.8) is 0 Å². The van der Waals surface area contributed by atoms with E-state index in [-0.39, 0.29) is 0 Å². The van der Waals surface area contributed by atoms with Crippen LogP contribution in [0, 0.1) is 13.8 Å². The van der Waals surface area contributed by atoms with Crippen LogP contribution in [0.4, 0.5) is 0 Å². The van der Waals surface area contributed by atoms with Crippen molar-refractivity contribution in [2.24, 2.45) is 0 Å². The van der Waals surface area contributed by atoms with Gasteiger partial charge in [0.2, 0.25) is 0 Å². The van der Waals surface area contributed by atoms with Gasteiger partial charge in [-0.05, 0) is 128 Å². The maximum Gasteiger partial charge on any atom is 0.0355 e. The molecule has 0 aliphatic heterocycles. The number of fused-ring (bicyclic) bond motifs is 12. The summed E-state index contributed by atoms with van der Waals surface area (Å²) in [5, 5.41) is 13.3. The highest BCUT2D eigenvalue weighted by atomic mass is 32.1. The zero-order valence-corrected chi connectivity index (χ0v) is 27.2. The van der Waals surface area contributed by atoms with Crippen molar-refractivity contribution in [3.05, 3.63) is 145 Å². The molecule has 8 aromatic carbocycles. The summed E-state index contributed by atoms with van der Waals surface area (Å²) in [5.74, 6) is 0. The average molecular weight is 621 g/mol. The number of hydrogen-bond donors (Lipinski definition) is 0. The van der Waals surface area contributed by atoms with Gasteiger partial charge in [0, 0.05) is 40.3 Å². The third-order valence-corrected chi connectivity index (χ3v) is 12.3. The lowest BCUT2D eigenvalue weighted by atomic mass is 9.88. The van der Waals surface area contributed by atoms with E-state index >= 15 is 0 Å². The van der Waals surface area contributed by atoms with E-state index in [4.69, 9.17) is 0 Å². The summed E-state index contributed by atoms with van der Waals surface area (Å²) in [6, 6.07) is 50.4. The van der Waals surface area contributed by atoms with Crippen LogP contribution in [-0.4, -0.2) is 0 Å². The summed E-state index contributed by atoms with van der Waals surface area (Å²) < 4.78 is 5.38. The standard InChI is InChI=1S/C44H28S2/c1-25-19-35-36(20-26(25)2)38-22-28(30-14-18-44-40(24-30)34-8-4-6-10-42(34)46-44)12-16-32(38)31-15-11-27(21-37(31)35)29-13-17-43-39(23-29)33-7-3-5-9-41(33)45-43/h3-24H,1-2H3. The molecule has 0 radical (unpaired) electrons. The lowest BCUT2D eigenvalue weighted by Gasteiger charge is -2.15. The van der Waals surface area contributed by atoms with E-state index in [0.717, 1.165) is 0 Å². The molecule has 2 heteroatoms. The maximum atomic E-state index is 2.42. The zero-order chi connectivity index (χ0) is 30.5. The molecular weight excluding hydrogens is 593 g/mol. The first kappa shape index (κ1) is 26.2. The minimum absolute atomic E-state index is 1.26. The molecule has 10 rings (SSSR count). The number of benzene rings is 8. The van der Waals surface area contributed by atoms with Crippen LogP contribution >= 0.6 is 22.7 Å². The van der Waals surface area contributed by atoms with Crippen LogP contribution in [0.5, 0.6) is 0 Å². The number of aryl methyl sites for hydroxylation is 2. The van der Waals surface area contributed by atoms with Crippen molar-refractivity contribution in [2.75, 3.05) is 0 Å². The molecule has 0 saturated heterocycles. The molecule has 0 N–H and O–H groups in total. The van der Waals surface area contributed by atoms with E-state index in [9.17, 15) is 0 Å². The van der Waals surface area contributed by atoms with Crippen LogP contribution < -0.4 is 0 Å². The summed E-state index contributed by atoms with van der Waals surface area (Å²) >= 11 is 3.75. The van der Waals surface area contributed by atoms with Crippen LogP contribution in [0.15, 0.2) is 133 Å². The van der Waals surface area contributed by atoms with Crippen molar-refractivity contribution < 1.29 is 0 Å². The molecule has 216 valence electrons. The van der Waals surface area contributed by atoms with E-state index in [1.807, 2.05) is 22.7 Å². The Labute approximate surface area is 274 Å². The second kappa shape index (κ2) is 9.74. The number of rotatable bonds is 2. The maximum absolute atomic E-state index is 2.42. The van der Waals surface area contributed by atoms with Crippen LogP contribution in [-0.2, 0) is 0 Å². The van der Waals surface area contributed by atoms with Crippen molar-refractivity contribution in [1.82, 2.24) is 0 Å². The van der Waals surface area contributed by atoms with Crippen LogP contribution in [0.3, 0.4) is 0 Å². The fraction of sp³-hybridized carbons (Fsp3) is 0.0455. The summed E-state index contributed by atoms with van der Waals surface area (Å²) in [7, 11) is 0. The molecule has 10 aromatic rings. The molecule has 0 aliphatic rings. The van der Waals surface area contributed by atoms with E-state index in [1.54, 1.807) is 0 Å². The first-order valence-corrected chi connectivity index (χ1v) is 17.5. The third-order valence-electron chi connectivity index (χ3n) is 9.96. The predicted molar refractivity (Wildman–Crippen MR) is 205 cm³/mol. The number of hydrogen-bond acceptors (Lipinski definition) is 2. The third kappa shape index (κ3) is 3.84. The fourth-order valence-corrected chi connectivity index (χ4v) is 9.61. The van der Waals surface area contributed by atoms with Crippen LogP contribution in [0.1, 0.15) is 11.1 Å². The Morgan fingerprint density at radius 3 is 1.09 bits per heavy atom. The molecule has 0 saturated carbocycles. The highest BCUT2D eigenvalue weighted by Gasteiger charge is 2.14. The molecule has 46 heavy (non-hydrogen) atoms. The van der Waals surface area contributed by atoms with E-state index in [2.05, 4.69) is 147 Å². The van der Waals surface area contributed by atoms with Gasteiger partial charge in [-0.2, -0.15) is 0 Å². The molecule has 0 unspecified atom stereocenters. The Balaban J connectivity index is 1.20. The van der Waals surface area contributed by atoms with Crippen LogP contribution in [0.2, 0.25) is 0 Å². The molecule has 2 aromatic heterocycles. The largest absolute Gasteiger partial charge is 0.135 e. The van der Waals surface area contributed by atoms with Crippen LogP contribution in [0.25, 0.3) is 94.9 Å². The highest BCUT2D eigenvalue weighted by molar-refractivity contribution is 7.26. The quantitative estimate of drug-likeness (QED) is 0.169. The van der Waals surface area contributed by atoms with E-state index in [1.165, 1.54) is 106 Å². The summed E-state index contributed by atoms with van der Waals surface area (Å²) in [5.41, 5.74) is 7.71. The Morgan fingerprint density at radius 2 is 0.630 bits per heavy atom. The van der Waals surface area contributed by atoms with Gasteiger partial charge in [0.15, 0.2) is 0 Å². The van der Waals surface area contributed by atoms with Crippen molar-refractivity contribution in [3.8, 4) is 22.3 Å². The monoisotopic (exact) mass is 620 g/mol. The summed E-state index contributed by atoms with van der Waals surface area (Å²) in [6.07, 6.45) is 0. The van der Waals surface area contributed by atoms with Gasteiger partial charge < -0.3 is 0 Å². The van der Waals surface area contributed by atoms with Gasteiger partial charge in [-0.3, -0.25) is 0 Å². The van der Waals surface area contributed by atoms with Gasteiger partial charge in [-0.25, -0.2) is 0 Å². The Morgan fingerprint density at radius 1 is 0.283 bits per heavy atom. The van der Waals surface area contributed by atoms with Gasteiger partial charge in [-0.1, -0.05) is 84.9 Å². The Hall–Kier alpha value is -5.02. The molecule has 0 spiro atoms. The molecule has 0 atom stereocenters. The molecule has 0 nitrogen and oxygen atoms in total. The average Bonchev–Trinajstić information content (AvgIpc) is 3.66. The lowest BCUT2D eigenvalue weighted by molar-refractivity contribution is 1.37. The van der Waals surface area contributed by atoms with E-state index < -0.39 is 0 Å². The fourth-order valence-electron chi connectivity index (χ4n) is 7.44. The smallest absolute Gasteiger partial charge is 0.0355 e. The first-order chi connectivity index (χ1) is 22.6. The van der Waals surface area contributed by atoms with Crippen molar-refractivity contribution in [2.45, 2.75) is 13.8 Å². The number of thiophene rings is 2. The lowest BCUT2D eigenvalue weighted by Crippen LogP contribution is -1.89. The Bertz CT molecular complexity index is 2680. The molecule has 0 amide bonds. The molecule has 0 fully saturated rings. The normalized spacial score (nSPS) is 12.1. The summed E-state index contributed by atoms with van der Waals surface area (Å²) in [6.45, 7) is 4.47. The molecule has 0 aliphatic carbocycles. The summed E-state index contributed by atoms with van der Waals surface area (Å²) in [4.78, 5) is 0. The van der Waals surface area contributed by atoms with Crippen molar-refractivity contribution >= 4 is 95.3 Å². The second-order valence-electron chi connectivity index (χ2n) is 12.6. The SMILES string of the molecule is Cc1cc2c3cc(-c4ccc5sc6ccccc6c5c4)ccc3c3ccc(-c4ccc5sc6ccccc6c5c4)cc3c2cc1C. The second-order valence-corrected chi connectivity index (χ2v) is 14.8. The van der Waals surface area contributed by atoms with Crippen molar-refractivity contribution in [1.29, 1.82) is 0 Å². The zero-order valence-electron chi connectivity index (χ0n) is 25.5. The molecule has 2 heterocycles. The first-order valence-electron chi connectivity index (χ1n) is 15.8. The van der Waals surface area contributed by atoms with E-state index in [0.29, 0.717) is 0 Å². The minimum atomic E-state index is 1.26. The topological polar surface area (TPSA) is 0 Å². The molecule has 0 bridgehead atoms.